The minimum absolute atomic E-state index is 0.136. The first-order valence-electron chi connectivity index (χ1n) is 10.3. The number of piperidine rings is 1. The van der Waals surface area contributed by atoms with E-state index in [9.17, 15) is 4.79 Å². The lowest BCUT2D eigenvalue weighted by Gasteiger charge is -2.31. The van der Waals surface area contributed by atoms with Gasteiger partial charge in [-0.2, -0.15) is 0 Å². The number of amides is 1. The second kappa shape index (κ2) is 8.81. The maximum atomic E-state index is 13.3. The lowest BCUT2D eigenvalue weighted by Crippen LogP contribution is -2.38. The van der Waals surface area contributed by atoms with Crippen LogP contribution in [0.4, 0.5) is 0 Å². The van der Waals surface area contributed by atoms with Gasteiger partial charge in [-0.25, -0.2) is 0 Å². The Morgan fingerprint density at radius 3 is 2.77 bits per heavy atom. The maximum absolute atomic E-state index is 13.3. The van der Waals surface area contributed by atoms with Crippen LogP contribution in [0, 0.1) is 0 Å². The maximum Gasteiger partial charge on any atom is 0.254 e. The van der Waals surface area contributed by atoms with Crippen LogP contribution in [0.1, 0.15) is 40.5 Å². The highest BCUT2D eigenvalue weighted by atomic mass is 32.2. The highest BCUT2D eigenvalue weighted by Gasteiger charge is 2.28. The number of rotatable bonds is 4. The highest BCUT2D eigenvalue weighted by molar-refractivity contribution is 8.38. The molecule has 1 fully saturated rings. The van der Waals surface area contributed by atoms with E-state index in [-0.39, 0.29) is 5.91 Å². The van der Waals surface area contributed by atoms with Gasteiger partial charge in [-0.3, -0.25) is 14.2 Å². The van der Waals surface area contributed by atoms with E-state index in [0.29, 0.717) is 5.92 Å². The van der Waals surface area contributed by atoms with Crippen molar-refractivity contribution >= 4 is 39.5 Å². The summed E-state index contributed by atoms with van der Waals surface area (Å²) in [5.74, 6) is 3.32. The smallest absolute Gasteiger partial charge is 0.254 e. The van der Waals surface area contributed by atoms with Crippen molar-refractivity contribution in [3.05, 3.63) is 65.6 Å². The molecule has 154 valence electrons. The zero-order valence-electron chi connectivity index (χ0n) is 16.6. The van der Waals surface area contributed by atoms with Crippen molar-refractivity contribution in [3.63, 3.8) is 0 Å². The van der Waals surface area contributed by atoms with Gasteiger partial charge in [-0.05, 0) is 36.6 Å². The summed E-state index contributed by atoms with van der Waals surface area (Å²) in [4.78, 5) is 19.8. The summed E-state index contributed by atoms with van der Waals surface area (Å²) >= 11 is 3.55. The number of benzene rings is 1. The number of pyridine rings is 1. The van der Waals surface area contributed by atoms with Crippen molar-refractivity contribution in [2.45, 2.75) is 24.5 Å². The Bertz CT molecular complexity index is 1090. The fourth-order valence-corrected chi connectivity index (χ4v) is 6.06. The minimum atomic E-state index is 0.136. The van der Waals surface area contributed by atoms with Crippen LogP contribution in [0.3, 0.4) is 0 Å². The van der Waals surface area contributed by atoms with E-state index in [0.717, 1.165) is 71.0 Å². The molecule has 2 aromatic heterocycles. The van der Waals surface area contributed by atoms with Crippen molar-refractivity contribution in [1.82, 2.24) is 19.5 Å². The average molecular weight is 438 g/mol. The average Bonchev–Trinajstić information content (AvgIpc) is 3.47. The minimum Gasteiger partial charge on any atom is -0.339 e. The molecule has 4 heterocycles. The lowest BCUT2D eigenvalue weighted by atomic mass is 9.95. The lowest BCUT2D eigenvalue weighted by molar-refractivity contribution is 0.0710. The molecule has 0 N–H and O–H groups in total. The molecular weight excluding hydrogens is 414 g/mol. The Morgan fingerprint density at radius 2 is 1.93 bits per heavy atom. The van der Waals surface area contributed by atoms with Crippen molar-refractivity contribution in [2.75, 3.05) is 25.4 Å². The standard InChI is InChI=1S/C22H23N5OS2/c28-21(18-6-2-1-5-17(18)15-30-22-23-10-14-29-22)26-12-8-16(9-13-26)20-25-24-19-7-3-4-11-27(19)20/h1-7,11,16H,8-10,12-15H2. The predicted molar refractivity (Wildman–Crippen MR) is 123 cm³/mol. The van der Waals surface area contributed by atoms with Crippen LogP contribution in [0.15, 0.2) is 53.7 Å². The van der Waals surface area contributed by atoms with E-state index < -0.39 is 0 Å². The summed E-state index contributed by atoms with van der Waals surface area (Å²) in [6.45, 7) is 2.40. The Hall–Kier alpha value is -2.32. The van der Waals surface area contributed by atoms with Gasteiger partial charge in [0.25, 0.3) is 5.91 Å². The van der Waals surface area contributed by atoms with Crippen LogP contribution in [0.25, 0.3) is 5.65 Å². The largest absolute Gasteiger partial charge is 0.339 e. The first kappa shape index (κ1) is 19.6. The topological polar surface area (TPSA) is 62.9 Å². The van der Waals surface area contributed by atoms with Crippen molar-refractivity contribution in [3.8, 4) is 0 Å². The summed E-state index contributed by atoms with van der Waals surface area (Å²) in [7, 11) is 0. The number of thioether (sulfide) groups is 2. The first-order valence-corrected chi connectivity index (χ1v) is 12.2. The van der Waals surface area contributed by atoms with E-state index in [1.54, 1.807) is 11.8 Å². The highest BCUT2D eigenvalue weighted by Crippen LogP contribution is 2.30. The third kappa shape index (κ3) is 3.98. The quantitative estimate of drug-likeness (QED) is 0.615. The molecule has 1 aromatic carbocycles. The molecule has 0 atom stereocenters. The molecule has 0 spiro atoms. The SMILES string of the molecule is O=C(c1ccccc1CSC1=NCCS1)N1CCC(c2nnc3ccccn23)CC1. The monoisotopic (exact) mass is 437 g/mol. The number of aliphatic imine (C=N–C) groups is 1. The molecule has 0 aliphatic carbocycles. The van der Waals surface area contributed by atoms with Crippen LogP contribution in [-0.2, 0) is 5.75 Å². The third-order valence-corrected chi connectivity index (χ3v) is 7.95. The molecule has 2 aliphatic heterocycles. The Morgan fingerprint density at radius 1 is 1.10 bits per heavy atom. The molecule has 0 bridgehead atoms. The number of hydrogen-bond acceptors (Lipinski definition) is 6. The van der Waals surface area contributed by atoms with Crippen LogP contribution >= 0.6 is 23.5 Å². The van der Waals surface area contributed by atoms with E-state index in [1.807, 2.05) is 59.3 Å². The van der Waals surface area contributed by atoms with Crippen molar-refractivity contribution in [1.29, 1.82) is 0 Å². The Balaban J connectivity index is 1.26. The van der Waals surface area contributed by atoms with Gasteiger partial charge in [-0.15, -0.1) is 10.2 Å². The molecule has 0 radical (unpaired) electrons. The zero-order valence-corrected chi connectivity index (χ0v) is 18.2. The summed E-state index contributed by atoms with van der Waals surface area (Å²) in [5, 5.41) is 8.70. The second-order valence-electron chi connectivity index (χ2n) is 7.50. The molecule has 0 saturated carbocycles. The van der Waals surface area contributed by atoms with E-state index in [1.165, 1.54) is 0 Å². The molecule has 1 amide bonds. The van der Waals surface area contributed by atoms with Crippen LogP contribution in [0.5, 0.6) is 0 Å². The molecule has 30 heavy (non-hydrogen) atoms. The van der Waals surface area contributed by atoms with Crippen LogP contribution in [0.2, 0.25) is 0 Å². The van der Waals surface area contributed by atoms with E-state index in [2.05, 4.69) is 25.7 Å². The van der Waals surface area contributed by atoms with Gasteiger partial charge in [0.15, 0.2) is 5.65 Å². The normalized spacial score (nSPS) is 17.5. The molecule has 1 saturated heterocycles. The summed E-state index contributed by atoms with van der Waals surface area (Å²) < 4.78 is 3.21. The Labute approximate surface area is 184 Å². The summed E-state index contributed by atoms with van der Waals surface area (Å²) in [5.41, 5.74) is 2.79. The van der Waals surface area contributed by atoms with Crippen molar-refractivity contribution < 1.29 is 4.79 Å². The molecular formula is C22H23N5OS2. The van der Waals surface area contributed by atoms with Crippen LogP contribution < -0.4 is 0 Å². The summed E-state index contributed by atoms with van der Waals surface area (Å²) in [6.07, 6.45) is 3.83. The molecule has 2 aliphatic rings. The van der Waals surface area contributed by atoms with E-state index in [4.69, 9.17) is 0 Å². The predicted octanol–water partition coefficient (Wildman–Crippen LogP) is 4.09. The van der Waals surface area contributed by atoms with Gasteiger partial charge in [-0.1, -0.05) is 47.8 Å². The van der Waals surface area contributed by atoms with Crippen molar-refractivity contribution in [2.24, 2.45) is 4.99 Å². The number of aromatic nitrogens is 3. The number of likely N-dealkylation sites (tertiary alicyclic amines) is 1. The molecule has 5 rings (SSSR count). The number of carbonyl (C=O) groups is 1. The fraction of sp³-hybridized carbons (Fsp3) is 0.364. The van der Waals surface area contributed by atoms with Gasteiger partial charge in [0.05, 0.1) is 6.54 Å². The Kier molecular flexibility index (Phi) is 5.77. The number of carbonyl (C=O) groups excluding carboxylic acids is 1. The number of nitrogens with zero attached hydrogens (tertiary/aromatic N) is 5. The number of fused-ring (bicyclic) bond motifs is 1. The first-order chi connectivity index (χ1) is 14.8. The third-order valence-electron chi connectivity index (χ3n) is 5.64. The van der Waals surface area contributed by atoms with Gasteiger partial charge in [0.2, 0.25) is 0 Å². The van der Waals surface area contributed by atoms with Gasteiger partial charge in [0.1, 0.15) is 10.2 Å². The molecule has 8 heteroatoms. The molecule has 6 nitrogen and oxygen atoms in total. The van der Waals surface area contributed by atoms with Gasteiger partial charge >= 0.3 is 0 Å². The van der Waals surface area contributed by atoms with Gasteiger partial charge in [0, 0.05) is 42.3 Å². The second-order valence-corrected chi connectivity index (χ2v) is 9.80. The van der Waals surface area contributed by atoms with Crippen LogP contribution in [-0.4, -0.2) is 55.2 Å². The molecule has 0 unspecified atom stereocenters. The number of hydrogen-bond donors (Lipinski definition) is 0. The van der Waals surface area contributed by atoms with E-state index >= 15 is 0 Å². The van der Waals surface area contributed by atoms with Gasteiger partial charge < -0.3 is 4.90 Å². The zero-order chi connectivity index (χ0) is 20.3. The fourth-order valence-electron chi connectivity index (χ4n) is 4.05. The summed E-state index contributed by atoms with van der Waals surface area (Å²) in [6, 6.07) is 13.9. The molecule has 3 aromatic rings.